The van der Waals surface area contributed by atoms with Crippen LogP contribution in [0.25, 0.3) is 0 Å². The number of unbranched alkanes of at least 4 members (excludes halogenated alkanes) is 16. The van der Waals surface area contributed by atoms with E-state index in [0.29, 0.717) is 33.2 Å². The van der Waals surface area contributed by atoms with Crippen molar-refractivity contribution >= 4 is 16.6 Å². The fourth-order valence-corrected chi connectivity index (χ4v) is 23.0. The van der Waals surface area contributed by atoms with Crippen molar-refractivity contribution in [2.45, 2.75) is 252 Å². The van der Waals surface area contributed by atoms with Crippen LogP contribution in [0.1, 0.15) is 232 Å². The van der Waals surface area contributed by atoms with E-state index in [2.05, 4.69) is 164 Å². The molecule has 3 aromatic carbocycles. The summed E-state index contributed by atoms with van der Waals surface area (Å²) in [5.41, 5.74) is 10.5. The summed E-state index contributed by atoms with van der Waals surface area (Å²) in [6.45, 7) is 36.5. The first-order valence-corrected chi connectivity index (χ1v) is 32.2. The molecule has 0 aromatic heterocycles. The van der Waals surface area contributed by atoms with Gasteiger partial charge in [-0.15, -0.1) is 0 Å². The van der Waals surface area contributed by atoms with Crippen LogP contribution in [-0.2, 0) is 8.85 Å². The monoisotopic (exact) mass is 957 g/mol. The number of hydrogen-bond donors (Lipinski definition) is 0. The average Bonchev–Trinajstić information content (AvgIpc) is 3.27. The van der Waals surface area contributed by atoms with Gasteiger partial charge in [0.15, 0.2) is 16.6 Å². The van der Waals surface area contributed by atoms with E-state index in [1.165, 1.54) is 131 Å². The number of aryl methyl sites for hydroxylation is 2. The lowest BCUT2D eigenvalue weighted by Gasteiger charge is -2.42. The van der Waals surface area contributed by atoms with Gasteiger partial charge < -0.3 is 18.3 Å². The highest BCUT2D eigenvalue weighted by atomic mass is 28.4. The van der Waals surface area contributed by atoms with Gasteiger partial charge in [-0.25, -0.2) is 0 Å². The van der Waals surface area contributed by atoms with Gasteiger partial charge in [0.1, 0.15) is 11.5 Å². The van der Waals surface area contributed by atoms with Crippen molar-refractivity contribution in [3.63, 3.8) is 0 Å². The summed E-state index contributed by atoms with van der Waals surface area (Å²) in [6.07, 6.45) is 22.8. The molecule has 0 saturated carbocycles. The molecule has 0 unspecified atom stereocenters. The van der Waals surface area contributed by atoms with Gasteiger partial charge in [0, 0.05) is 25.2 Å². The van der Waals surface area contributed by atoms with E-state index < -0.39 is 16.6 Å². The SMILES string of the molecule is Cc1ccccc1C(c1cc(OCCCCCCCCCCCO[Si](C(C)C)(C(C)C)C(C)C)cc(OCCCCCCCCCCCO[Si](C(C)C)(C(C)C)C(C)C)c1)c1ccccc1C. The molecule has 0 amide bonds. The van der Waals surface area contributed by atoms with Crippen molar-refractivity contribution < 1.29 is 18.3 Å². The van der Waals surface area contributed by atoms with Crippen LogP contribution >= 0.6 is 0 Å². The summed E-state index contributed by atoms with van der Waals surface area (Å²) >= 11 is 0. The lowest BCUT2D eigenvalue weighted by Crippen LogP contribution is -2.47. The fourth-order valence-electron chi connectivity index (χ4n) is 12.0. The largest absolute Gasteiger partial charge is 0.493 e. The van der Waals surface area contributed by atoms with Crippen molar-refractivity contribution in [1.82, 2.24) is 0 Å². The molecule has 6 heteroatoms. The molecular weight excluding hydrogens is 853 g/mol. The number of benzene rings is 3. The van der Waals surface area contributed by atoms with Crippen molar-refractivity contribution in [3.05, 3.63) is 94.5 Å². The highest BCUT2D eigenvalue weighted by Crippen LogP contribution is 2.44. The number of hydrogen-bond acceptors (Lipinski definition) is 4. The van der Waals surface area contributed by atoms with E-state index >= 15 is 0 Å². The van der Waals surface area contributed by atoms with Crippen LogP contribution in [0.4, 0.5) is 0 Å². The van der Waals surface area contributed by atoms with Crippen molar-refractivity contribution in [1.29, 1.82) is 0 Å². The highest BCUT2D eigenvalue weighted by Gasteiger charge is 2.45. The molecule has 0 heterocycles. The Morgan fingerprint density at radius 3 is 0.896 bits per heavy atom. The Morgan fingerprint density at radius 2 is 0.612 bits per heavy atom. The van der Waals surface area contributed by atoms with Gasteiger partial charge >= 0.3 is 0 Å². The van der Waals surface area contributed by atoms with Gasteiger partial charge in [-0.1, -0.05) is 222 Å². The molecule has 67 heavy (non-hydrogen) atoms. The molecular formula is C61H104O4Si2. The van der Waals surface area contributed by atoms with E-state index in [-0.39, 0.29) is 5.92 Å². The van der Waals surface area contributed by atoms with Crippen LogP contribution in [0.5, 0.6) is 11.5 Å². The van der Waals surface area contributed by atoms with E-state index in [0.717, 1.165) is 50.8 Å². The fraction of sp³-hybridized carbons (Fsp3) is 0.705. The Morgan fingerprint density at radius 1 is 0.343 bits per heavy atom. The Kier molecular flexibility index (Phi) is 27.9. The van der Waals surface area contributed by atoms with Gasteiger partial charge in [0.2, 0.25) is 0 Å². The highest BCUT2D eigenvalue weighted by molar-refractivity contribution is 6.78. The smallest absolute Gasteiger partial charge is 0.200 e. The first-order valence-electron chi connectivity index (χ1n) is 27.9. The van der Waals surface area contributed by atoms with Crippen molar-refractivity contribution in [2.75, 3.05) is 26.4 Å². The molecule has 0 N–H and O–H groups in total. The average molecular weight is 958 g/mol. The Bertz CT molecular complexity index is 1580. The Balaban J connectivity index is 1.47. The first kappa shape index (κ1) is 58.9. The van der Waals surface area contributed by atoms with Gasteiger partial charge in [0.05, 0.1) is 13.2 Å². The predicted molar refractivity (Wildman–Crippen MR) is 298 cm³/mol. The van der Waals surface area contributed by atoms with Crippen LogP contribution < -0.4 is 9.47 Å². The standard InChI is InChI=1S/C61H104O4Si2/c1-48(2)66(49(3)4,50(5)6)64-43-35-27-23-19-15-17-21-25-33-41-62-57-45-56(61(59-39-31-29-37-54(59)13)60-40-32-30-38-55(60)14)46-58(47-57)63-42-34-26-22-18-16-20-24-28-36-44-65-67(51(7)8,52(9)10)53(11)12/h29-32,37-40,45-53,61H,15-28,33-36,41-44H2,1-14H3. The molecule has 0 bridgehead atoms. The summed E-state index contributed by atoms with van der Waals surface area (Å²) in [5, 5.41) is 0. The Labute approximate surface area is 417 Å². The second-order valence-corrected chi connectivity index (χ2v) is 33.2. The van der Waals surface area contributed by atoms with Crippen LogP contribution in [0.15, 0.2) is 66.7 Å². The third kappa shape index (κ3) is 18.7. The quantitative estimate of drug-likeness (QED) is 0.0328. The summed E-state index contributed by atoms with van der Waals surface area (Å²) in [4.78, 5) is 0. The minimum atomic E-state index is -1.73. The van der Waals surface area contributed by atoms with Crippen molar-refractivity contribution in [2.24, 2.45) is 0 Å². The maximum Gasteiger partial charge on any atom is 0.200 e. The first-order chi connectivity index (χ1) is 32.1. The molecule has 3 aromatic rings. The molecule has 0 aliphatic carbocycles. The van der Waals surface area contributed by atoms with Gasteiger partial charge in [-0.2, -0.15) is 0 Å². The zero-order chi connectivity index (χ0) is 49.2. The zero-order valence-electron chi connectivity index (χ0n) is 46.1. The lowest BCUT2D eigenvalue weighted by molar-refractivity contribution is 0.267. The Hall–Kier alpha value is -2.39. The molecule has 0 spiro atoms. The van der Waals surface area contributed by atoms with E-state index in [4.69, 9.17) is 18.3 Å². The zero-order valence-corrected chi connectivity index (χ0v) is 48.1. The second kappa shape index (κ2) is 31.8. The molecule has 0 aliphatic rings. The number of ether oxygens (including phenoxy) is 2. The summed E-state index contributed by atoms with van der Waals surface area (Å²) < 4.78 is 26.7. The van der Waals surface area contributed by atoms with E-state index in [1.807, 2.05) is 0 Å². The summed E-state index contributed by atoms with van der Waals surface area (Å²) in [7, 11) is -3.47. The third-order valence-corrected chi connectivity index (χ3v) is 27.7. The van der Waals surface area contributed by atoms with Gasteiger partial charge in [-0.05, 0) is 113 Å². The topological polar surface area (TPSA) is 36.9 Å². The minimum Gasteiger partial charge on any atom is -0.493 e. The maximum atomic E-state index is 6.79. The number of rotatable bonds is 37. The lowest BCUT2D eigenvalue weighted by atomic mass is 9.81. The molecule has 0 fully saturated rings. The molecule has 3 rings (SSSR count). The molecule has 0 radical (unpaired) electrons. The molecule has 4 nitrogen and oxygen atoms in total. The second-order valence-electron chi connectivity index (χ2n) is 22.3. The van der Waals surface area contributed by atoms with E-state index in [9.17, 15) is 0 Å². The molecule has 380 valence electrons. The van der Waals surface area contributed by atoms with E-state index in [1.54, 1.807) is 0 Å². The predicted octanol–water partition coefficient (Wildman–Crippen LogP) is 19.6. The van der Waals surface area contributed by atoms with Gasteiger partial charge in [0.25, 0.3) is 0 Å². The van der Waals surface area contributed by atoms with Crippen LogP contribution in [0.3, 0.4) is 0 Å². The maximum absolute atomic E-state index is 6.79. The normalized spacial score (nSPS) is 12.6. The third-order valence-electron chi connectivity index (χ3n) is 15.5. The molecule has 0 atom stereocenters. The molecule has 0 saturated heterocycles. The van der Waals surface area contributed by atoms with Crippen LogP contribution in [0.2, 0.25) is 33.2 Å². The molecule has 0 aliphatic heterocycles. The van der Waals surface area contributed by atoms with Crippen LogP contribution in [0, 0.1) is 13.8 Å². The minimum absolute atomic E-state index is 0.0967. The van der Waals surface area contributed by atoms with Crippen molar-refractivity contribution in [3.8, 4) is 11.5 Å². The van der Waals surface area contributed by atoms with Gasteiger partial charge in [-0.3, -0.25) is 0 Å². The summed E-state index contributed by atoms with van der Waals surface area (Å²) in [5.74, 6) is 1.94. The van der Waals surface area contributed by atoms with Crippen LogP contribution in [-0.4, -0.2) is 43.1 Å². The summed E-state index contributed by atoms with van der Waals surface area (Å²) in [6, 6.07) is 24.4.